The van der Waals surface area contributed by atoms with Crippen LogP contribution < -0.4 is 0 Å². The molecule has 1 fully saturated rings. The monoisotopic (exact) mass is 571 g/mol. The number of carbonyl (C=O) groups is 2. The maximum atomic E-state index is 15.1. The van der Waals surface area contributed by atoms with E-state index < -0.39 is 47.6 Å². The molecule has 3 rings (SSSR count). The second-order valence-electron chi connectivity index (χ2n) is 12.1. The van der Waals surface area contributed by atoms with E-state index in [0.717, 1.165) is 28.9 Å². The van der Waals surface area contributed by atoms with Crippen LogP contribution >= 0.6 is 11.8 Å². The summed E-state index contributed by atoms with van der Waals surface area (Å²) in [5.41, 5.74) is -2.13. The van der Waals surface area contributed by atoms with Crippen LogP contribution in [0.4, 0.5) is 13.6 Å². The van der Waals surface area contributed by atoms with Crippen molar-refractivity contribution in [1.82, 2.24) is 9.96 Å². The summed E-state index contributed by atoms with van der Waals surface area (Å²) in [5.74, 6) is -2.86. The highest BCUT2D eigenvalue weighted by atomic mass is 32.2. The fourth-order valence-corrected chi connectivity index (χ4v) is 6.79. The van der Waals surface area contributed by atoms with Gasteiger partial charge in [0.25, 0.3) is 5.91 Å². The number of hydrogen-bond acceptors (Lipinski definition) is 7. The first kappa shape index (κ1) is 30.5. The number of hydrogen-bond donors (Lipinski definition) is 0. The van der Waals surface area contributed by atoms with Crippen molar-refractivity contribution in [3.63, 3.8) is 0 Å². The smallest absolute Gasteiger partial charge is 0.418 e. The standard InChI is InChI=1S/C26H39F2N3O5SSi/c1-24(2,3)36-23(33)31(16-35-13-14-38(7,8)9)22-29-25(4,17-11-10-12-18(27)20(17)28)19-15-26(19,37-22)21(32)30(5)34-6/h10-12,19H,13-16H2,1-9H3/t19?,25-,26+/m1/s1. The zero-order valence-electron chi connectivity index (χ0n) is 23.7. The van der Waals surface area contributed by atoms with Crippen LogP contribution in [0.2, 0.25) is 25.7 Å². The summed E-state index contributed by atoms with van der Waals surface area (Å²) in [6.07, 6.45) is -0.372. The average molecular weight is 572 g/mol. The predicted octanol–water partition coefficient (Wildman–Crippen LogP) is 5.61. The van der Waals surface area contributed by atoms with Crippen LogP contribution in [0.1, 0.15) is 39.7 Å². The van der Waals surface area contributed by atoms with Gasteiger partial charge in [0.15, 0.2) is 16.8 Å². The highest BCUT2D eigenvalue weighted by molar-refractivity contribution is 8.16. The summed E-state index contributed by atoms with van der Waals surface area (Å²) < 4.78 is 39.9. The average Bonchev–Trinajstić information content (AvgIpc) is 3.54. The number of amides is 2. The van der Waals surface area contributed by atoms with Crippen molar-refractivity contribution in [3.8, 4) is 0 Å². The molecule has 1 saturated carbocycles. The molecule has 1 aliphatic heterocycles. The Labute approximate surface area is 229 Å². The van der Waals surface area contributed by atoms with Crippen LogP contribution in [0, 0.1) is 17.6 Å². The van der Waals surface area contributed by atoms with Crippen LogP contribution in [0.25, 0.3) is 0 Å². The van der Waals surface area contributed by atoms with Gasteiger partial charge in [-0.15, -0.1) is 0 Å². The van der Waals surface area contributed by atoms with Gasteiger partial charge in [-0.3, -0.25) is 14.6 Å². The van der Waals surface area contributed by atoms with Gasteiger partial charge in [-0.25, -0.2) is 23.5 Å². The third-order valence-electron chi connectivity index (χ3n) is 6.67. The molecule has 1 aromatic rings. The lowest BCUT2D eigenvalue weighted by molar-refractivity contribution is -0.169. The fraction of sp³-hybridized carbons (Fsp3) is 0.654. The van der Waals surface area contributed by atoms with Crippen molar-refractivity contribution in [2.45, 2.75) is 75.7 Å². The topological polar surface area (TPSA) is 80.7 Å². The highest BCUT2D eigenvalue weighted by Crippen LogP contribution is 2.67. The van der Waals surface area contributed by atoms with E-state index in [9.17, 15) is 14.0 Å². The molecule has 38 heavy (non-hydrogen) atoms. The number of aliphatic imine (C=N–C) groups is 1. The third-order valence-corrected chi connectivity index (χ3v) is 9.86. The van der Waals surface area contributed by atoms with Crippen molar-refractivity contribution in [1.29, 1.82) is 0 Å². The summed E-state index contributed by atoms with van der Waals surface area (Å²) >= 11 is 1.11. The van der Waals surface area contributed by atoms with E-state index >= 15 is 4.39 Å². The van der Waals surface area contributed by atoms with Crippen LogP contribution in [-0.2, 0) is 24.6 Å². The quantitative estimate of drug-likeness (QED) is 0.175. The Kier molecular flexibility index (Phi) is 8.72. The van der Waals surface area contributed by atoms with Crippen LogP contribution in [0.5, 0.6) is 0 Å². The number of amidine groups is 1. The maximum absolute atomic E-state index is 15.1. The molecule has 12 heteroatoms. The molecule has 1 heterocycles. The fourth-order valence-electron chi connectivity index (χ4n) is 4.40. The summed E-state index contributed by atoms with van der Waals surface area (Å²) in [6, 6.07) is 4.79. The number of hydroxylamine groups is 2. The van der Waals surface area contributed by atoms with Crippen LogP contribution in [-0.4, -0.2) is 73.0 Å². The van der Waals surface area contributed by atoms with Crippen molar-refractivity contribution in [3.05, 3.63) is 35.4 Å². The molecule has 1 unspecified atom stereocenters. The molecule has 0 N–H and O–H groups in total. The third kappa shape index (κ3) is 6.40. The number of nitrogens with zero attached hydrogens (tertiary/aromatic N) is 3. The highest BCUT2D eigenvalue weighted by Gasteiger charge is 2.72. The van der Waals surface area contributed by atoms with Gasteiger partial charge in [-0.1, -0.05) is 43.5 Å². The van der Waals surface area contributed by atoms with E-state index in [-0.39, 0.29) is 23.4 Å². The second kappa shape index (κ2) is 10.9. The van der Waals surface area contributed by atoms with Gasteiger partial charge in [0.05, 0.1) is 12.6 Å². The summed E-state index contributed by atoms with van der Waals surface area (Å²) in [7, 11) is 1.47. The van der Waals surface area contributed by atoms with E-state index in [1.807, 2.05) is 0 Å². The summed E-state index contributed by atoms with van der Waals surface area (Å²) in [5, 5.41) is 1.26. The van der Waals surface area contributed by atoms with Gasteiger partial charge in [0.2, 0.25) is 0 Å². The van der Waals surface area contributed by atoms with E-state index in [1.165, 1.54) is 31.2 Å². The van der Waals surface area contributed by atoms with E-state index in [4.69, 9.17) is 19.3 Å². The van der Waals surface area contributed by atoms with Crippen molar-refractivity contribution < 1.29 is 32.7 Å². The van der Waals surface area contributed by atoms with Gasteiger partial charge >= 0.3 is 6.09 Å². The zero-order valence-corrected chi connectivity index (χ0v) is 25.5. The zero-order chi connectivity index (χ0) is 28.7. The Morgan fingerprint density at radius 3 is 2.47 bits per heavy atom. The van der Waals surface area contributed by atoms with Crippen molar-refractivity contribution in [2.75, 3.05) is 27.5 Å². The molecular weight excluding hydrogens is 532 g/mol. The molecule has 0 radical (unpaired) electrons. The summed E-state index contributed by atoms with van der Waals surface area (Å²) in [4.78, 5) is 38.1. The number of fused-ring (bicyclic) bond motifs is 1. The number of thioether (sulfide) groups is 1. The van der Waals surface area contributed by atoms with Gasteiger partial charge in [-0.05, 0) is 46.2 Å². The Bertz CT molecular complexity index is 1110. The first-order valence-electron chi connectivity index (χ1n) is 12.6. The molecule has 212 valence electrons. The predicted molar refractivity (Wildman–Crippen MR) is 146 cm³/mol. The van der Waals surface area contributed by atoms with E-state index in [2.05, 4.69) is 19.6 Å². The first-order chi connectivity index (χ1) is 17.4. The second-order valence-corrected chi connectivity index (χ2v) is 19.1. The SMILES string of the molecule is CON(C)C(=O)[C@]12CC1[C@@](C)(c1cccc(F)c1F)N=C(N(COCC[Si](C)(C)C)C(=O)OC(C)(C)C)S2. The molecular formula is C26H39F2N3O5SSi. The normalized spacial score (nSPS) is 24.8. The first-order valence-corrected chi connectivity index (χ1v) is 17.1. The van der Waals surface area contributed by atoms with Crippen molar-refractivity contribution >= 4 is 37.0 Å². The number of halogens is 2. The van der Waals surface area contributed by atoms with E-state index in [1.54, 1.807) is 27.7 Å². The Morgan fingerprint density at radius 2 is 1.89 bits per heavy atom. The van der Waals surface area contributed by atoms with Gasteiger partial charge in [0, 0.05) is 33.2 Å². The number of benzene rings is 1. The van der Waals surface area contributed by atoms with Crippen LogP contribution in [0.15, 0.2) is 23.2 Å². The Balaban J connectivity index is 2.08. The Hall–Kier alpha value is -2.02. The molecule has 0 saturated heterocycles. The number of ether oxygens (including phenoxy) is 2. The molecule has 1 aliphatic carbocycles. The minimum atomic E-state index is -1.40. The van der Waals surface area contributed by atoms with Gasteiger partial charge in [-0.2, -0.15) is 0 Å². The Morgan fingerprint density at radius 1 is 1.24 bits per heavy atom. The number of rotatable bonds is 8. The molecule has 2 aliphatic rings. The maximum Gasteiger partial charge on any atom is 0.418 e. The molecule has 1 aromatic carbocycles. The lowest BCUT2D eigenvalue weighted by Crippen LogP contribution is -2.49. The lowest BCUT2D eigenvalue weighted by Gasteiger charge is -2.38. The van der Waals surface area contributed by atoms with Crippen LogP contribution in [0.3, 0.4) is 0 Å². The van der Waals surface area contributed by atoms with E-state index in [0.29, 0.717) is 13.0 Å². The molecule has 0 spiro atoms. The summed E-state index contributed by atoms with van der Waals surface area (Å²) in [6.45, 7) is 13.8. The van der Waals surface area contributed by atoms with Gasteiger partial charge < -0.3 is 9.47 Å². The molecule has 8 nitrogen and oxygen atoms in total. The number of carbonyl (C=O) groups excluding carboxylic acids is 2. The van der Waals surface area contributed by atoms with Gasteiger partial charge in [0.1, 0.15) is 17.1 Å². The molecule has 3 atom stereocenters. The minimum absolute atomic E-state index is 0.0128. The molecule has 0 aromatic heterocycles. The largest absolute Gasteiger partial charge is 0.443 e. The molecule has 2 amide bonds. The minimum Gasteiger partial charge on any atom is -0.443 e. The molecule has 0 bridgehead atoms. The van der Waals surface area contributed by atoms with Crippen molar-refractivity contribution in [2.24, 2.45) is 10.9 Å². The lowest BCUT2D eigenvalue weighted by atomic mass is 9.85.